The topological polar surface area (TPSA) is 58.7 Å². The second kappa shape index (κ2) is 7.08. The molecule has 4 rings (SSSR count). The predicted molar refractivity (Wildman–Crippen MR) is 99.1 cm³/mol. The lowest BCUT2D eigenvalue weighted by Gasteiger charge is -2.13. The highest BCUT2D eigenvalue weighted by atomic mass is 32.1. The van der Waals surface area contributed by atoms with E-state index in [0.29, 0.717) is 16.0 Å². The van der Waals surface area contributed by atoms with E-state index in [9.17, 15) is 13.6 Å². The molecule has 0 unspecified atom stereocenters. The Morgan fingerprint density at radius 3 is 2.74 bits per heavy atom. The molecule has 8 heteroatoms. The van der Waals surface area contributed by atoms with Crippen LogP contribution in [0.3, 0.4) is 0 Å². The summed E-state index contributed by atoms with van der Waals surface area (Å²) in [6, 6.07) is 12.8. The Kier molecular flexibility index (Phi) is 4.47. The van der Waals surface area contributed by atoms with Crippen molar-refractivity contribution in [2.45, 2.75) is 0 Å². The molecular formula is C19H11F2N3O2S. The van der Waals surface area contributed by atoms with Crippen LogP contribution in [0.1, 0.15) is 16.1 Å². The Morgan fingerprint density at radius 1 is 1.11 bits per heavy atom. The zero-order valence-electron chi connectivity index (χ0n) is 13.7. The van der Waals surface area contributed by atoms with Gasteiger partial charge in [0.25, 0.3) is 5.91 Å². The number of hydrogen-bond donors (Lipinski definition) is 0. The van der Waals surface area contributed by atoms with Crippen molar-refractivity contribution in [2.75, 3.05) is 5.01 Å². The van der Waals surface area contributed by atoms with Crippen molar-refractivity contribution in [1.29, 1.82) is 0 Å². The smallest absolute Gasteiger partial charge is 0.280 e. The van der Waals surface area contributed by atoms with Gasteiger partial charge in [0.1, 0.15) is 17.4 Å². The van der Waals surface area contributed by atoms with E-state index >= 15 is 0 Å². The van der Waals surface area contributed by atoms with Gasteiger partial charge in [-0.1, -0.05) is 17.4 Å². The summed E-state index contributed by atoms with van der Waals surface area (Å²) in [7, 11) is 0. The van der Waals surface area contributed by atoms with Gasteiger partial charge in [0, 0.05) is 5.56 Å². The van der Waals surface area contributed by atoms with E-state index in [0.717, 1.165) is 22.4 Å². The van der Waals surface area contributed by atoms with E-state index in [2.05, 4.69) is 10.1 Å². The first-order chi connectivity index (χ1) is 13.1. The van der Waals surface area contributed by atoms with Crippen LogP contribution in [0.4, 0.5) is 13.9 Å². The number of nitrogens with zero attached hydrogens (tertiary/aromatic N) is 3. The average Bonchev–Trinajstić information content (AvgIpc) is 3.31. The molecular weight excluding hydrogens is 372 g/mol. The predicted octanol–water partition coefficient (Wildman–Crippen LogP) is 4.85. The summed E-state index contributed by atoms with van der Waals surface area (Å²) in [5.74, 6) is -1.09. The third-order valence-corrected chi connectivity index (χ3v) is 4.62. The first-order valence-corrected chi connectivity index (χ1v) is 8.65. The Labute approximate surface area is 156 Å². The van der Waals surface area contributed by atoms with Crippen LogP contribution in [0.25, 0.3) is 10.2 Å². The SMILES string of the molecule is O=C(c1cccc(F)c1)N(/N=C\c1ccco1)c1nc2ccc(F)cc2s1. The Bertz CT molecular complexity index is 1140. The van der Waals surface area contributed by atoms with Crippen molar-refractivity contribution in [1.82, 2.24) is 4.98 Å². The van der Waals surface area contributed by atoms with Crippen LogP contribution in [0.5, 0.6) is 0 Å². The van der Waals surface area contributed by atoms with Gasteiger partial charge in [0.15, 0.2) is 0 Å². The van der Waals surface area contributed by atoms with E-state index in [1.165, 1.54) is 48.9 Å². The Balaban J connectivity index is 1.77. The highest BCUT2D eigenvalue weighted by Crippen LogP contribution is 2.30. The number of anilines is 1. The molecule has 4 aromatic rings. The molecule has 2 aromatic carbocycles. The second-order valence-corrected chi connectivity index (χ2v) is 6.50. The molecule has 1 amide bonds. The molecule has 0 atom stereocenters. The normalized spacial score (nSPS) is 11.3. The van der Waals surface area contributed by atoms with Gasteiger partial charge in [0.2, 0.25) is 5.13 Å². The van der Waals surface area contributed by atoms with Gasteiger partial charge in [0.05, 0.1) is 22.7 Å². The van der Waals surface area contributed by atoms with Crippen LogP contribution in [-0.4, -0.2) is 17.1 Å². The van der Waals surface area contributed by atoms with Gasteiger partial charge in [-0.05, 0) is 48.5 Å². The van der Waals surface area contributed by atoms with Crippen LogP contribution >= 0.6 is 11.3 Å². The fourth-order valence-corrected chi connectivity index (χ4v) is 3.34. The zero-order valence-corrected chi connectivity index (χ0v) is 14.5. The van der Waals surface area contributed by atoms with Crippen molar-refractivity contribution >= 4 is 38.8 Å². The van der Waals surface area contributed by atoms with Crippen LogP contribution in [-0.2, 0) is 0 Å². The summed E-state index contributed by atoms with van der Waals surface area (Å²) in [5, 5.41) is 5.43. The summed E-state index contributed by atoms with van der Waals surface area (Å²) in [6.07, 6.45) is 2.82. The van der Waals surface area contributed by atoms with Crippen LogP contribution in [0.2, 0.25) is 0 Å². The maximum atomic E-state index is 13.5. The number of rotatable bonds is 4. The lowest BCUT2D eigenvalue weighted by Crippen LogP contribution is -2.25. The number of thiazole rings is 1. The zero-order chi connectivity index (χ0) is 18.8. The average molecular weight is 383 g/mol. The number of amides is 1. The molecule has 0 spiro atoms. The Morgan fingerprint density at radius 2 is 1.96 bits per heavy atom. The van der Waals surface area contributed by atoms with Crippen molar-refractivity contribution in [3.63, 3.8) is 0 Å². The number of benzene rings is 2. The van der Waals surface area contributed by atoms with E-state index in [-0.39, 0.29) is 10.7 Å². The number of halogens is 2. The number of hydrazone groups is 1. The van der Waals surface area contributed by atoms with Crippen molar-refractivity contribution in [3.05, 3.63) is 83.8 Å². The molecule has 0 saturated heterocycles. The van der Waals surface area contributed by atoms with Gasteiger partial charge in [-0.15, -0.1) is 0 Å². The highest BCUT2D eigenvalue weighted by molar-refractivity contribution is 7.22. The molecule has 5 nitrogen and oxygen atoms in total. The standard InChI is InChI=1S/C19H11F2N3O2S/c20-13-4-1-3-12(9-13)18(25)24(22-11-15-5-2-8-26-15)19-23-16-7-6-14(21)10-17(16)27-19/h1-11H/b22-11-. The second-order valence-electron chi connectivity index (χ2n) is 5.50. The molecule has 0 aliphatic heterocycles. The molecule has 0 aliphatic carbocycles. The Hall–Kier alpha value is -3.39. The molecule has 0 bridgehead atoms. The van der Waals surface area contributed by atoms with Crippen LogP contribution < -0.4 is 5.01 Å². The summed E-state index contributed by atoms with van der Waals surface area (Å²) < 4.78 is 32.7. The summed E-state index contributed by atoms with van der Waals surface area (Å²) in [6.45, 7) is 0. The highest BCUT2D eigenvalue weighted by Gasteiger charge is 2.21. The minimum absolute atomic E-state index is 0.108. The first-order valence-electron chi connectivity index (χ1n) is 7.84. The van der Waals surface area contributed by atoms with Gasteiger partial charge < -0.3 is 4.42 Å². The molecule has 0 aliphatic rings. The minimum Gasteiger partial charge on any atom is -0.463 e. The van der Waals surface area contributed by atoms with Gasteiger partial charge >= 0.3 is 0 Å². The van der Waals surface area contributed by atoms with Crippen molar-refractivity contribution in [3.8, 4) is 0 Å². The quantitative estimate of drug-likeness (QED) is 0.374. The number of carbonyl (C=O) groups excluding carboxylic acids is 1. The number of aromatic nitrogens is 1. The summed E-state index contributed by atoms with van der Waals surface area (Å²) in [4.78, 5) is 17.3. The molecule has 0 fully saturated rings. The van der Waals surface area contributed by atoms with Crippen molar-refractivity contribution in [2.24, 2.45) is 5.10 Å². The van der Waals surface area contributed by atoms with Gasteiger partial charge in [-0.2, -0.15) is 10.1 Å². The van der Waals surface area contributed by atoms with Gasteiger partial charge in [-0.25, -0.2) is 13.8 Å². The van der Waals surface area contributed by atoms with E-state index < -0.39 is 17.5 Å². The number of carbonyl (C=O) groups is 1. The van der Waals surface area contributed by atoms with Crippen molar-refractivity contribution < 1.29 is 18.0 Å². The molecule has 0 N–H and O–H groups in total. The lowest BCUT2D eigenvalue weighted by molar-refractivity contribution is 0.0987. The number of hydrogen-bond acceptors (Lipinski definition) is 5. The van der Waals surface area contributed by atoms with E-state index in [1.807, 2.05) is 0 Å². The monoisotopic (exact) mass is 383 g/mol. The molecule has 134 valence electrons. The number of furan rings is 1. The fourth-order valence-electron chi connectivity index (χ4n) is 2.39. The third kappa shape index (κ3) is 3.61. The minimum atomic E-state index is -0.572. The van der Waals surface area contributed by atoms with E-state index in [1.54, 1.807) is 12.1 Å². The largest absolute Gasteiger partial charge is 0.463 e. The lowest BCUT2D eigenvalue weighted by atomic mass is 10.2. The molecule has 0 radical (unpaired) electrons. The summed E-state index contributed by atoms with van der Waals surface area (Å²) in [5.41, 5.74) is 0.638. The molecule has 2 aromatic heterocycles. The third-order valence-electron chi connectivity index (χ3n) is 3.63. The van der Waals surface area contributed by atoms with E-state index in [4.69, 9.17) is 4.42 Å². The molecule has 27 heavy (non-hydrogen) atoms. The number of fused-ring (bicyclic) bond motifs is 1. The fraction of sp³-hybridized carbons (Fsp3) is 0. The van der Waals surface area contributed by atoms with Gasteiger partial charge in [-0.3, -0.25) is 4.79 Å². The maximum absolute atomic E-state index is 13.5. The summed E-state index contributed by atoms with van der Waals surface area (Å²) >= 11 is 1.10. The maximum Gasteiger partial charge on any atom is 0.280 e. The first kappa shape index (κ1) is 17.0. The molecule has 0 saturated carbocycles. The molecule has 2 heterocycles. The van der Waals surface area contributed by atoms with Crippen LogP contribution in [0.15, 0.2) is 70.4 Å². The van der Waals surface area contributed by atoms with Crippen LogP contribution in [0, 0.1) is 11.6 Å².